The third-order valence-corrected chi connectivity index (χ3v) is 5.23. The number of nitrogens with zero attached hydrogens (tertiary/aromatic N) is 2. The molecule has 1 aromatic heterocycles. The van der Waals surface area contributed by atoms with E-state index < -0.39 is 0 Å². The highest BCUT2D eigenvalue weighted by Crippen LogP contribution is 2.39. The third-order valence-electron chi connectivity index (χ3n) is 5.23. The smallest absolute Gasteiger partial charge is 0.261 e. The Labute approximate surface area is 181 Å². The van der Waals surface area contributed by atoms with Crippen LogP contribution in [0, 0.1) is 0 Å². The molecule has 2 heterocycles. The molecule has 1 aliphatic heterocycles. The molecule has 0 atom stereocenters. The highest BCUT2D eigenvalue weighted by Gasteiger charge is 2.26. The van der Waals surface area contributed by atoms with Gasteiger partial charge in [0.25, 0.3) is 5.91 Å². The molecule has 0 spiro atoms. The van der Waals surface area contributed by atoms with Crippen molar-refractivity contribution in [3.8, 4) is 34.3 Å². The first-order chi connectivity index (χ1) is 15.1. The van der Waals surface area contributed by atoms with Crippen LogP contribution in [0.4, 0.5) is 0 Å². The van der Waals surface area contributed by atoms with Crippen LogP contribution in [0.25, 0.3) is 11.1 Å². The van der Waals surface area contributed by atoms with Gasteiger partial charge in [-0.2, -0.15) is 0 Å². The van der Waals surface area contributed by atoms with Crippen molar-refractivity contribution >= 4 is 5.91 Å². The van der Waals surface area contributed by atoms with E-state index in [9.17, 15) is 4.79 Å². The summed E-state index contributed by atoms with van der Waals surface area (Å²) in [6, 6.07) is 15.7. The molecule has 7 heteroatoms. The van der Waals surface area contributed by atoms with Crippen molar-refractivity contribution in [2.24, 2.45) is 0 Å². The molecule has 0 bridgehead atoms. The highest BCUT2D eigenvalue weighted by atomic mass is 16.5. The Morgan fingerprint density at radius 1 is 1.00 bits per heavy atom. The van der Waals surface area contributed by atoms with Gasteiger partial charge in [0.2, 0.25) is 11.6 Å². The fraction of sp³-hybridized carbons (Fsp3) is 0.250. The van der Waals surface area contributed by atoms with Crippen LogP contribution in [0.1, 0.15) is 11.1 Å². The lowest BCUT2D eigenvalue weighted by Crippen LogP contribution is -2.32. The zero-order valence-corrected chi connectivity index (χ0v) is 17.8. The lowest BCUT2D eigenvalue weighted by atomic mass is 10.0. The molecule has 0 radical (unpaired) electrons. The molecule has 160 valence electrons. The summed E-state index contributed by atoms with van der Waals surface area (Å²) in [7, 11) is 4.70. The van der Waals surface area contributed by atoms with E-state index in [1.54, 1.807) is 32.4 Å². The second kappa shape index (κ2) is 8.95. The monoisotopic (exact) mass is 420 g/mol. The maximum absolute atomic E-state index is 12.9. The molecule has 2 aromatic carbocycles. The number of ether oxygens (including phenoxy) is 4. The van der Waals surface area contributed by atoms with E-state index in [0.717, 1.165) is 22.3 Å². The molecular formula is C24H24N2O5. The molecule has 0 fully saturated rings. The molecule has 0 N–H and O–H groups in total. The topological polar surface area (TPSA) is 70.1 Å². The summed E-state index contributed by atoms with van der Waals surface area (Å²) in [4.78, 5) is 19.0. The van der Waals surface area contributed by atoms with Crippen molar-refractivity contribution in [3.05, 3.63) is 65.9 Å². The number of fused-ring (bicyclic) bond motifs is 1. The number of carbonyl (C=O) groups excluding carboxylic acids is 1. The van der Waals surface area contributed by atoms with Gasteiger partial charge in [-0.1, -0.05) is 30.3 Å². The molecule has 0 saturated heterocycles. The molecule has 7 nitrogen and oxygen atoms in total. The first-order valence-electron chi connectivity index (χ1n) is 9.87. The number of benzene rings is 2. The first kappa shape index (κ1) is 20.5. The quantitative estimate of drug-likeness (QED) is 0.606. The second-order valence-electron chi connectivity index (χ2n) is 7.08. The Morgan fingerprint density at radius 3 is 2.35 bits per heavy atom. The molecule has 31 heavy (non-hydrogen) atoms. The second-order valence-corrected chi connectivity index (χ2v) is 7.08. The Hall–Kier alpha value is -3.74. The minimum absolute atomic E-state index is 0.0668. The van der Waals surface area contributed by atoms with E-state index in [0.29, 0.717) is 36.2 Å². The average Bonchev–Trinajstić information content (AvgIpc) is 2.97. The van der Waals surface area contributed by atoms with Crippen molar-refractivity contribution in [2.45, 2.75) is 13.1 Å². The summed E-state index contributed by atoms with van der Waals surface area (Å²) in [5.41, 5.74) is 3.78. The van der Waals surface area contributed by atoms with Crippen molar-refractivity contribution in [3.63, 3.8) is 0 Å². The number of aromatic nitrogens is 1. The number of hydrogen-bond acceptors (Lipinski definition) is 6. The zero-order valence-electron chi connectivity index (χ0n) is 17.8. The highest BCUT2D eigenvalue weighted by molar-refractivity contribution is 5.80. The van der Waals surface area contributed by atoms with Crippen molar-refractivity contribution in [2.75, 3.05) is 27.9 Å². The third kappa shape index (κ3) is 4.12. The predicted molar refractivity (Wildman–Crippen MR) is 116 cm³/mol. The molecule has 3 aromatic rings. The summed E-state index contributed by atoms with van der Waals surface area (Å²) < 4.78 is 22.0. The number of carbonyl (C=O) groups is 1. The Kier molecular flexibility index (Phi) is 5.93. The van der Waals surface area contributed by atoms with Gasteiger partial charge in [-0.15, -0.1) is 0 Å². The molecule has 1 amide bonds. The first-order valence-corrected chi connectivity index (χ1v) is 9.87. The minimum Gasteiger partial charge on any atom is -0.493 e. The van der Waals surface area contributed by atoms with E-state index in [4.69, 9.17) is 18.9 Å². The zero-order chi connectivity index (χ0) is 21.8. The molecule has 1 aliphatic rings. The van der Waals surface area contributed by atoms with Gasteiger partial charge in [0.05, 0.1) is 27.9 Å². The van der Waals surface area contributed by atoms with E-state index in [2.05, 4.69) is 4.98 Å². The number of rotatable bonds is 6. The van der Waals surface area contributed by atoms with Crippen LogP contribution >= 0.6 is 0 Å². The average molecular weight is 420 g/mol. The van der Waals surface area contributed by atoms with Crippen LogP contribution < -0.4 is 18.9 Å². The Balaban J connectivity index is 1.70. The Bertz CT molecular complexity index is 1060. The van der Waals surface area contributed by atoms with E-state index in [1.165, 1.54) is 0 Å². The largest absolute Gasteiger partial charge is 0.493 e. The standard InChI is InChI=1S/C24H24N2O5/c1-28-20-11-16(12-21(29-2)23(20)30-3)13-26-14-19-18(17-7-5-4-6-8-17)9-10-25-24(19)31-15-22(26)27/h4-12H,13-15H2,1-3H3. The van der Waals surface area contributed by atoms with Gasteiger partial charge in [-0.25, -0.2) is 4.98 Å². The molecule has 0 aliphatic carbocycles. The van der Waals surface area contributed by atoms with Gasteiger partial charge < -0.3 is 23.8 Å². The van der Waals surface area contributed by atoms with E-state index in [1.807, 2.05) is 48.5 Å². The number of hydrogen-bond donors (Lipinski definition) is 0. The van der Waals surface area contributed by atoms with Crippen LogP contribution in [0.5, 0.6) is 23.1 Å². The van der Waals surface area contributed by atoms with Crippen LogP contribution in [-0.4, -0.2) is 43.7 Å². The van der Waals surface area contributed by atoms with Crippen molar-refractivity contribution < 1.29 is 23.7 Å². The summed E-state index contributed by atoms with van der Waals surface area (Å²) in [6.07, 6.45) is 1.71. The van der Waals surface area contributed by atoms with Crippen LogP contribution in [0.3, 0.4) is 0 Å². The number of amides is 1. The van der Waals surface area contributed by atoms with Gasteiger partial charge in [-0.3, -0.25) is 4.79 Å². The fourth-order valence-corrected chi connectivity index (χ4v) is 3.73. The van der Waals surface area contributed by atoms with Gasteiger partial charge in [-0.05, 0) is 34.9 Å². The van der Waals surface area contributed by atoms with Gasteiger partial charge >= 0.3 is 0 Å². The van der Waals surface area contributed by atoms with E-state index >= 15 is 0 Å². The van der Waals surface area contributed by atoms with Gasteiger partial charge in [0, 0.05) is 18.3 Å². The molecule has 4 rings (SSSR count). The minimum atomic E-state index is -0.120. The van der Waals surface area contributed by atoms with Gasteiger partial charge in [0.1, 0.15) is 0 Å². The van der Waals surface area contributed by atoms with Crippen LogP contribution in [-0.2, 0) is 17.9 Å². The SMILES string of the molecule is COc1cc(CN2Cc3c(-c4ccccc4)ccnc3OCC2=O)cc(OC)c1OC. The summed E-state index contributed by atoms with van der Waals surface area (Å²) in [5, 5.41) is 0. The molecular weight excluding hydrogens is 396 g/mol. The van der Waals surface area contributed by atoms with E-state index in [-0.39, 0.29) is 12.5 Å². The van der Waals surface area contributed by atoms with Gasteiger partial charge in [0.15, 0.2) is 18.1 Å². The van der Waals surface area contributed by atoms with Crippen LogP contribution in [0.2, 0.25) is 0 Å². The maximum atomic E-state index is 12.9. The summed E-state index contributed by atoms with van der Waals surface area (Å²) in [6.45, 7) is 0.674. The number of methoxy groups -OCH3 is 3. The number of pyridine rings is 1. The molecule has 0 unspecified atom stereocenters. The fourth-order valence-electron chi connectivity index (χ4n) is 3.73. The summed E-state index contributed by atoms with van der Waals surface area (Å²) >= 11 is 0. The van der Waals surface area contributed by atoms with Crippen molar-refractivity contribution in [1.29, 1.82) is 0 Å². The van der Waals surface area contributed by atoms with Crippen molar-refractivity contribution in [1.82, 2.24) is 9.88 Å². The molecule has 0 saturated carbocycles. The summed E-state index contributed by atoms with van der Waals surface area (Å²) in [5.74, 6) is 1.97. The normalized spacial score (nSPS) is 13.1. The predicted octanol–water partition coefficient (Wildman–Crippen LogP) is 3.70. The lowest BCUT2D eigenvalue weighted by Gasteiger charge is -2.22. The Morgan fingerprint density at radius 2 is 1.71 bits per heavy atom. The maximum Gasteiger partial charge on any atom is 0.261 e. The van der Waals surface area contributed by atoms with Crippen LogP contribution in [0.15, 0.2) is 54.7 Å². The lowest BCUT2D eigenvalue weighted by molar-refractivity contribution is -0.133.